The molecule has 2 saturated heterocycles. The van der Waals surface area contributed by atoms with E-state index < -0.39 is 93.7 Å². The summed E-state index contributed by atoms with van der Waals surface area (Å²) in [5.74, 6) is 0.288. The van der Waals surface area contributed by atoms with Crippen LogP contribution in [0.15, 0.2) is 109 Å². The number of hydrogen-bond acceptors (Lipinski definition) is 19. The number of aromatic nitrogens is 2. The zero-order valence-corrected chi connectivity index (χ0v) is 59.6. The standard InChI is InChI=1S/C36H44N3O7S.C36H45N3O7.3CH4.S2/c1-9-23-20-36(23,32(41)45-34(2,3)4)39(47)31(40)29-18-25(21-38(29)33(42)46-35(5,6)7)44-30-19-27(22-13-11-10-12-14-22)37-28-17-24(43-8)15-16-26(28)30;1-9-23-20-36(23,32(41)45-34(2,3)4)38-31(40)29-18-25(21-39(29)33(42)46-35(5,6)7)44-30-19-27(22-13-11-10-12-14-22)37-28-17-24(43-8)15-16-26(28)30;;;;1-2/h10-17,19,23,25,29H,9,18,20-21H2,1-8H3;10-17,19,23,25,29H,9,18,20-21H2,1-8H3,(H,38,40);3*1H4;/q+1;;;;;/t2*23?,25-,29+,36-;;;;/m11..../s1. The lowest BCUT2D eigenvalue weighted by Gasteiger charge is -2.30. The van der Waals surface area contributed by atoms with E-state index in [2.05, 4.69) is 27.7 Å². The fraction of sp³-hybridized carbons (Fsp3) is 0.520. The lowest BCUT2D eigenvalue weighted by Crippen LogP contribution is -2.54. The van der Waals surface area contributed by atoms with Crippen molar-refractivity contribution in [3.8, 4) is 45.5 Å². The first kappa shape index (κ1) is 80.7. The number of fused-ring (bicyclic) bond motifs is 2. The maximum Gasteiger partial charge on any atom is 0.424 e. The van der Waals surface area contributed by atoms with Crippen LogP contribution in [0.4, 0.5) is 9.59 Å². The molecule has 1 N–H and O–H groups in total. The summed E-state index contributed by atoms with van der Waals surface area (Å²) in [5, 5.41) is 4.52. The van der Waals surface area contributed by atoms with Crippen molar-refractivity contribution in [3.05, 3.63) is 109 Å². The second kappa shape index (κ2) is 32.3. The molecule has 4 heterocycles. The van der Waals surface area contributed by atoms with Crippen molar-refractivity contribution >= 4 is 92.5 Å². The molecule has 2 aliphatic heterocycles. The normalized spacial score (nSPS) is 21.5. The minimum atomic E-state index is -1.27. The fourth-order valence-electron chi connectivity index (χ4n) is 12.0. The van der Waals surface area contributed by atoms with E-state index in [1.54, 1.807) is 97.3 Å². The van der Waals surface area contributed by atoms with Crippen LogP contribution in [0.2, 0.25) is 0 Å². The van der Waals surface area contributed by atoms with Crippen LogP contribution in [0.25, 0.3) is 44.3 Å². The van der Waals surface area contributed by atoms with Gasteiger partial charge in [-0.1, -0.05) is 107 Å². The molecule has 23 heteroatoms. The highest BCUT2D eigenvalue weighted by atomic mass is 32.8. The van der Waals surface area contributed by atoms with Gasteiger partial charge in [-0.25, -0.2) is 33.9 Å². The summed E-state index contributed by atoms with van der Waals surface area (Å²) in [5.41, 5.74) is -0.836. The van der Waals surface area contributed by atoms with E-state index in [0.29, 0.717) is 71.1 Å². The van der Waals surface area contributed by atoms with Crippen molar-refractivity contribution in [2.45, 2.75) is 216 Å². The average Bonchev–Trinajstić information content (AvgIpc) is 1.56. The van der Waals surface area contributed by atoms with Crippen molar-refractivity contribution in [2.75, 3.05) is 27.3 Å². The zero-order valence-electron chi connectivity index (χ0n) is 57.2. The fourth-order valence-corrected chi connectivity index (χ4v) is 12.4. The number of pyridine rings is 2. The van der Waals surface area contributed by atoms with Crippen LogP contribution in [0, 0.1) is 11.8 Å². The Hall–Kier alpha value is -8.02. The lowest BCUT2D eigenvalue weighted by molar-refractivity contribution is -0.473. The van der Waals surface area contributed by atoms with Crippen LogP contribution in [-0.4, -0.2) is 145 Å². The highest BCUT2D eigenvalue weighted by Crippen LogP contribution is 2.51. The van der Waals surface area contributed by atoms with Gasteiger partial charge in [-0.2, -0.15) is 0 Å². The Balaban J connectivity index is 0.000000335. The van der Waals surface area contributed by atoms with E-state index in [1.807, 2.05) is 123 Å². The number of ether oxygens (including phenoxy) is 8. The molecule has 532 valence electrons. The van der Waals surface area contributed by atoms with Crippen LogP contribution < -0.4 is 24.3 Å². The Morgan fingerprint density at radius 3 is 1.32 bits per heavy atom. The van der Waals surface area contributed by atoms with E-state index >= 15 is 0 Å². The number of esters is 2. The third kappa shape index (κ3) is 19.0. The third-order valence-electron chi connectivity index (χ3n) is 16.6. The molecular formula is C75H101N6O14S3+. The van der Waals surface area contributed by atoms with Gasteiger partial charge in [0.15, 0.2) is 6.04 Å². The van der Waals surface area contributed by atoms with Gasteiger partial charge in [0, 0.05) is 93.7 Å². The van der Waals surface area contributed by atoms with Crippen LogP contribution in [0.1, 0.15) is 158 Å². The second-order valence-corrected chi connectivity index (χ2v) is 28.8. The molecule has 20 nitrogen and oxygen atoms in total. The number of methoxy groups -OCH3 is 2. The summed E-state index contributed by atoms with van der Waals surface area (Å²) >= 11 is 13.1. The molecule has 8 atom stereocenters. The molecule has 0 spiro atoms. The monoisotopic (exact) mass is 1410 g/mol. The van der Waals surface area contributed by atoms with Crippen LogP contribution in [-0.2, 0) is 72.9 Å². The van der Waals surface area contributed by atoms with E-state index in [-0.39, 0.29) is 60.0 Å². The Morgan fingerprint density at radius 1 is 0.541 bits per heavy atom. The van der Waals surface area contributed by atoms with Gasteiger partial charge >= 0.3 is 30.0 Å². The molecule has 0 radical (unpaired) electrons. The largest absolute Gasteiger partial charge is 0.497 e. The molecule has 2 aromatic heterocycles. The summed E-state index contributed by atoms with van der Waals surface area (Å²) in [6, 6.07) is 32.5. The van der Waals surface area contributed by atoms with Crippen LogP contribution in [0.5, 0.6) is 23.0 Å². The number of amides is 4. The molecule has 6 aromatic rings. The predicted molar refractivity (Wildman–Crippen MR) is 389 cm³/mol. The third-order valence-corrected chi connectivity index (χ3v) is 17.1. The van der Waals surface area contributed by atoms with Gasteiger partial charge in [-0.3, -0.25) is 14.6 Å². The molecule has 4 fully saturated rings. The highest BCUT2D eigenvalue weighted by molar-refractivity contribution is 8.07. The first-order valence-corrected chi connectivity index (χ1v) is 33.8. The summed E-state index contributed by atoms with van der Waals surface area (Å²) in [4.78, 5) is 94.5. The number of nitrogens with one attached hydrogen (secondary N) is 1. The quantitative estimate of drug-likeness (QED) is 0.0540. The van der Waals surface area contributed by atoms with Gasteiger partial charge in [0.1, 0.15) is 69.2 Å². The van der Waals surface area contributed by atoms with Crippen molar-refractivity contribution in [3.63, 3.8) is 0 Å². The van der Waals surface area contributed by atoms with Crippen LogP contribution in [0.3, 0.4) is 0 Å². The number of likely N-dealkylation sites (tertiary alicyclic amines) is 2. The van der Waals surface area contributed by atoms with E-state index in [9.17, 15) is 28.8 Å². The molecule has 4 aliphatic rings. The van der Waals surface area contributed by atoms with Gasteiger partial charge in [0.05, 0.1) is 49.7 Å². The number of rotatable bonds is 16. The van der Waals surface area contributed by atoms with Gasteiger partial charge in [-0.05, 0) is 126 Å². The number of benzene rings is 4. The van der Waals surface area contributed by atoms with Crippen molar-refractivity contribution in [1.82, 2.24) is 25.1 Å². The molecule has 10 rings (SSSR count). The van der Waals surface area contributed by atoms with Gasteiger partial charge in [-0.15, -0.1) is 0 Å². The average molecular weight is 1410 g/mol. The SMILES string of the molecule is C.C.C.CCC1C[C@@]1(C(=O)OC(C)(C)C)[N+](=S)C(=O)[C@@H]1C[C@@H](Oc2cc(-c3ccccc3)nc3cc(OC)ccc23)CN1C(=O)OC(C)(C)C.CCC1C[C@]1(NC(=O)[C@@H]1C[C@@H](Oc2cc(-c3ccccc3)nc3cc(OC)ccc23)CN1C(=O)OC(C)(C)C)C(=O)OC(C)(C)C.S=S. The highest BCUT2D eigenvalue weighted by Gasteiger charge is 2.74. The zero-order chi connectivity index (χ0) is 69.8. The smallest absolute Gasteiger partial charge is 0.424 e. The molecule has 98 heavy (non-hydrogen) atoms. The number of hydrogen-bond donors (Lipinski definition) is 1. The molecule has 0 bridgehead atoms. The summed E-state index contributed by atoms with van der Waals surface area (Å²) in [6.07, 6.45) is 0.175. The number of carbonyl (C=O) groups excluding carboxylic acids is 6. The Morgan fingerprint density at radius 2 is 0.939 bits per heavy atom. The van der Waals surface area contributed by atoms with Gasteiger partial charge in [0.2, 0.25) is 5.91 Å². The molecule has 4 aromatic carbocycles. The predicted octanol–water partition coefficient (Wildman–Crippen LogP) is 14.6. The first-order chi connectivity index (χ1) is 44.7. The van der Waals surface area contributed by atoms with Gasteiger partial charge < -0.3 is 43.2 Å². The molecule has 2 saturated carbocycles. The van der Waals surface area contributed by atoms with E-state index in [4.69, 9.17) is 60.3 Å². The minimum Gasteiger partial charge on any atom is -0.497 e. The minimum absolute atomic E-state index is 0. The summed E-state index contributed by atoms with van der Waals surface area (Å²) < 4.78 is 48.1. The molecule has 2 aliphatic carbocycles. The Kier molecular flexibility index (Phi) is 26.6. The molecule has 4 amide bonds. The Bertz CT molecular complexity index is 3830. The second-order valence-electron chi connectivity index (χ2n) is 28.4. The van der Waals surface area contributed by atoms with Gasteiger partial charge in [0.25, 0.3) is 18.0 Å². The Labute approximate surface area is 594 Å². The topological polar surface area (TPSA) is 224 Å². The van der Waals surface area contributed by atoms with Crippen molar-refractivity contribution in [1.29, 1.82) is 0 Å². The molecule has 2 unspecified atom stereocenters. The lowest BCUT2D eigenvalue weighted by atomic mass is 10.1. The summed E-state index contributed by atoms with van der Waals surface area (Å²) in [7, 11) is 3.20. The number of carbonyl (C=O) groups is 6. The first-order valence-electron chi connectivity index (χ1n) is 32.1. The maximum absolute atomic E-state index is 14.2. The van der Waals surface area contributed by atoms with E-state index in [1.165, 1.54) is 9.80 Å². The molecular weight excluding hydrogens is 1310 g/mol. The number of nitrogens with zero attached hydrogens (tertiary/aromatic N) is 5. The summed E-state index contributed by atoms with van der Waals surface area (Å²) in [6.45, 7) is 25.5. The van der Waals surface area contributed by atoms with Crippen molar-refractivity contribution < 1.29 is 70.6 Å². The van der Waals surface area contributed by atoms with E-state index in [0.717, 1.165) is 25.8 Å². The van der Waals surface area contributed by atoms with Crippen molar-refractivity contribution in [2.24, 2.45) is 11.8 Å². The maximum atomic E-state index is 14.2. The van der Waals surface area contributed by atoms with Crippen LogP contribution >= 0.6 is 0 Å².